The minimum Gasteiger partial charge on any atom is -0.394 e. The van der Waals surface area contributed by atoms with Gasteiger partial charge in [-0.2, -0.15) is 0 Å². The van der Waals surface area contributed by atoms with Crippen LogP contribution in [0, 0.1) is 0 Å². The second-order valence-corrected chi connectivity index (χ2v) is 21.1. The summed E-state index contributed by atoms with van der Waals surface area (Å²) in [6, 6.07) is -0.660. The molecule has 3 N–H and O–H groups in total. The van der Waals surface area contributed by atoms with Crippen LogP contribution in [0.15, 0.2) is 146 Å². The van der Waals surface area contributed by atoms with Gasteiger partial charge in [-0.25, -0.2) is 0 Å². The van der Waals surface area contributed by atoms with Gasteiger partial charge < -0.3 is 15.5 Å². The molecular formula is C72H121NO3. The molecule has 0 fully saturated rings. The molecule has 0 aromatic carbocycles. The maximum absolute atomic E-state index is 12.5. The lowest BCUT2D eigenvalue weighted by Gasteiger charge is -2.19. The fourth-order valence-corrected chi connectivity index (χ4v) is 8.99. The van der Waals surface area contributed by atoms with E-state index in [0.29, 0.717) is 6.42 Å². The number of amides is 1. The van der Waals surface area contributed by atoms with Crippen LogP contribution in [0.2, 0.25) is 0 Å². The molecule has 432 valence electrons. The van der Waals surface area contributed by atoms with Crippen molar-refractivity contribution in [3.8, 4) is 0 Å². The van der Waals surface area contributed by atoms with Crippen molar-refractivity contribution in [2.45, 2.75) is 296 Å². The van der Waals surface area contributed by atoms with Gasteiger partial charge in [-0.15, -0.1) is 0 Å². The predicted molar refractivity (Wildman–Crippen MR) is 340 cm³/mol. The minimum absolute atomic E-state index is 0.0922. The van der Waals surface area contributed by atoms with Crippen molar-refractivity contribution in [2.75, 3.05) is 6.61 Å². The normalized spacial score (nSPS) is 13.8. The number of aliphatic hydroxyl groups excluding tert-OH is 2. The Hall–Kier alpha value is -3.73. The number of rotatable bonds is 57. The summed E-state index contributed by atoms with van der Waals surface area (Å²) in [5.41, 5.74) is 0. The lowest BCUT2D eigenvalue weighted by molar-refractivity contribution is -0.123. The van der Waals surface area contributed by atoms with Crippen LogP contribution in [-0.2, 0) is 4.79 Å². The zero-order valence-corrected chi connectivity index (χ0v) is 49.7. The molecule has 0 aliphatic rings. The highest BCUT2D eigenvalue weighted by atomic mass is 16.3. The predicted octanol–water partition coefficient (Wildman–Crippen LogP) is 21.9. The summed E-state index contributed by atoms with van der Waals surface area (Å²) in [6.45, 7) is 4.19. The molecule has 0 radical (unpaired) electrons. The van der Waals surface area contributed by atoms with Gasteiger partial charge in [0.1, 0.15) is 0 Å². The first-order valence-electron chi connectivity index (χ1n) is 32.0. The fraction of sp³-hybridized carbons (Fsp3) is 0.653. The van der Waals surface area contributed by atoms with Gasteiger partial charge in [-0.05, 0) is 109 Å². The van der Waals surface area contributed by atoms with Crippen LogP contribution in [0.4, 0.5) is 0 Å². The zero-order chi connectivity index (χ0) is 54.8. The number of aliphatic hydroxyl groups is 2. The second kappa shape index (κ2) is 65.6. The van der Waals surface area contributed by atoms with Gasteiger partial charge >= 0.3 is 0 Å². The molecule has 1 amide bonds. The van der Waals surface area contributed by atoms with E-state index in [9.17, 15) is 15.0 Å². The van der Waals surface area contributed by atoms with Crippen molar-refractivity contribution in [1.82, 2.24) is 5.32 Å². The number of hydrogen-bond donors (Lipinski definition) is 3. The van der Waals surface area contributed by atoms with E-state index in [0.717, 1.165) is 109 Å². The summed E-state index contributed by atoms with van der Waals surface area (Å²) in [5.74, 6) is -0.0922. The van der Waals surface area contributed by atoms with Crippen molar-refractivity contribution < 1.29 is 15.0 Å². The SMILES string of the molecule is CC/C=C\C/C=C\C/C=C\C/C=C\C/C=C\C/C=C\C/C=C\C/C=C\C/C=C\C/C=C\CCCCCCCCC(=O)NC(CO)C(O)/C=C/CC/C=C/CCCCCCCCCCCCCCCCCCCCCCC. The van der Waals surface area contributed by atoms with Gasteiger partial charge in [0, 0.05) is 6.42 Å². The first-order chi connectivity index (χ1) is 37.7. The molecule has 0 spiro atoms. The second-order valence-electron chi connectivity index (χ2n) is 21.1. The number of hydrogen-bond acceptors (Lipinski definition) is 3. The Kier molecular flexibility index (Phi) is 62.3. The minimum atomic E-state index is -0.881. The Morgan fingerprint density at radius 2 is 0.592 bits per heavy atom. The maximum Gasteiger partial charge on any atom is 0.220 e. The molecule has 0 aromatic rings. The molecule has 0 heterocycles. The maximum atomic E-state index is 12.5. The van der Waals surface area contributed by atoms with Gasteiger partial charge in [-0.3, -0.25) is 4.79 Å². The Balaban J connectivity index is 3.65. The Morgan fingerprint density at radius 3 is 0.921 bits per heavy atom. The van der Waals surface area contributed by atoms with E-state index in [4.69, 9.17) is 0 Å². The molecular weight excluding hydrogens is 927 g/mol. The third-order valence-electron chi connectivity index (χ3n) is 13.8. The standard InChI is InChI=1S/C72H121NO3/c1-3-5-7-9-11-13-15-17-19-21-23-25-27-29-31-32-33-34-35-36-37-38-39-40-42-44-46-48-50-52-54-56-58-60-62-64-66-68-72(76)73-70(69-74)71(75)67-65-63-61-59-57-55-53-51-49-47-45-43-41-30-28-26-24-22-20-18-16-14-12-10-8-6-4-2/h5,7,11,13,17,19,23,25,29,31,33-34,36-37,39-40,44,46,50,52,57,59,65,67,70-71,74-75H,3-4,6,8-10,12,14-16,18,20-22,24,26-28,30,32,35,38,41-43,45,47-49,51,53-56,58,60-64,66,68-69H2,1-2H3,(H,73,76)/b7-5-,13-11-,19-17-,25-23-,31-29-,34-33-,37-36-,40-39-,46-44-,52-50-,59-57+,67-65+. The summed E-state index contributed by atoms with van der Waals surface area (Å²) >= 11 is 0. The van der Waals surface area contributed by atoms with Crippen LogP contribution in [0.5, 0.6) is 0 Å². The van der Waals surface area contributed by atoms with Gasteiger partial charge in [0.25, 0.3) is 0 Å². The molecule has 0 rings (SSSR count). The third kappa shape index (κ3) is 61.1. The van der Waals surface area contributed by atoms with Crippen molar-refractivity contribution in [3.05, 3.63) is 146 Å². The lowest BCUT2D eigenvalue weighted by atomic mass is 10.0. The molecule has 0 bridgehead atoms. The molecule has 2 atom stereocenters. The first kappa shape index (κ1) is 72.3. The molecule has 2 unspecified atom stereocenters. The third-order valence-corrected chi connectivity index (χ3v) is 13.8. The van der Waals surface area contributed by atoms with Crippen LogP contribution in [-0.4, -0.2) is 34.9 Å². The summed E-state index contributed by atoms with van der Waals surface area (Å²) in [6.07, 6.45) is 103. The quantitative estimate of drug-likeness (QED) is 0.0420. The average molecular weight is 1050 g/mol. The number of allylic oxidation sites excluding steroid dienone is 23. The molecule has 0 aliphatic heterocycles. The highest BCUT2D eigenvalue weighted by Crippen LogP contribution is 2.16. The van der Waals surface area contributed by atoms with Crippen LogP contribution in [0.3, 0.4) is 0 Å². The average Bonchev–Trinajstić information content (AvgIpc) is 3.42. The highest BCUT2D eigenvalue weighted by molar-refractivity contribution is 5.76. The molecule has 0 aromatic heterocycles. The van der Waals surface area contributed by atoms with Crippen LogP contribution >= 0.6 is 0 Å². The van der Waals surface area contributed by atoms with E-state index in [2.05, 4.69) is 153 Å². The topological polar surface area (TPSA) is 69.6 Å². The summed E-state index contributed by atoms with van der Waals surface area (Å²) in [7, 11) is 0. The van der Waals surface area contributed by atoms with E-state index in [1.807, 2.05) is 6.08 Å². The molecule has 0 aliphatic carbocycles. The van der Waals surface area contributed by atoms with Crippen molar-refractivity contribution >= 4 is 5.91 Å². The van der Waals surface area contributed by atoms with Crippen molar-refractivity contribution in [3.63, 3.8) is 0 Å². The van der Waals surface area contributed by atoms with Crippen LogP contribution in [0.1, 0.15) is 284 Å². The summed E-state index contributed by atoms with van der Waals surface area (Å²) in [5, 5.41) is 23.2. The van der Waals surface area contributed by atoms with E-state index in [1.165, 1.54) is 154 Å². The number of carbonyl (C=O) groups is 1. The van der Waals surface area contributed by atoms with Crippen molar-refractivity contribution in [2.24, 2.45) is 0 Å². The van der Waals surface area contributed by atoms with Gasteiger partial charge in [0.05, 0.1) is 18.8 Å². The van der Waals surface area contributed by atoms with Gasteiger partial charge in [0.2, 0.25) is 5.91 Å². The smallest absolute Gasteiger partial charge is 0.220 e. The lowest BCUT2D eigenvalue weighted by Crippen LogP contribution is -2.45. The van der Waals surface area contributed by atoms with E-state index in [1.54, 1.807) is 6.08 Å². The number of carbonyl (C=O) groups excluding carboxylic acids is 1. The van der Waals surface area contributed by atoms with Crippen LogP contribution < -0.4 is 5.32 Å². The van der Waals surface area contributed by atoms with Gasteiger partial charge in [-0.1, -0.05) is 314 Å². The number of unbranched alkanes of at least 4 members (excludes halogenated alkanes) is 28. The summed E-state index contributed by atoms with van der Waals surface area (Å²) < 4.78 is 0. The van der Waals surface area contributed by atoms with Crippen molar-refractivity contribution in [1.29, 1.82) is 0 Å². The Morgan fingerprint density at radius 1 is 0.329 bits per heavy atom. The molecule has 0 saturated carbocycles. The fourth-order valence-electron chi connectivity index (χ4n) is 8.99. The summed E-state index contributed by atoms with van der Waals surface area (Å²) in [4.78, 5) is 12.5. The Labute approximate surface area is 472 Å². The van der Waals surface area contributed by atoms with Gasteiger partial charge in [0.15, 0.2) is 0 Å². The van der Waals surface area contributed by atoms with E-state index < -0.39 is 12.1 Å². The molecule has 0 saturated heterocycles. The van der Waals surface area contributed by atoms with E-state index >= 15 is 0 Å². The van der Waals surface area contributed by atoms with Crippen LogP contribution in [0.25, 0.3) is 0 Å². The largest absolute Gasteiger partial charge is 0.394 e. The first-order valence-corrected chi connectivity index (χ1v) is 32.0. The Bertz CT molecular complexity index is 1560. The molecule has 76 heavy (non-hydrogen) atoms. The van der Waals surface area contributed by atoms with E-state index in [-0.39, 0.29) is 12.5 Å². The zero-order valence-electron chi connectivity index (χ0n) is 49.7. The highest BCUT2D eigenvalue weighted by Gasteiger charge is 2.18. The number of nitrogens with one attached hydrogen (secondary N) is 1. The molecule has 4 heteroatoms. The molecule has 4 nitrogen and oxygen atoms in total. The monoisotopic (exact) mass is 1050 g/mol.